The lowest BCUT2D eigenvalue weighted by molar-refractivity contribution is 0.0600. The maximum atomic E-state index is 14.1. The van der Waals surface area contributed by atoms with E-state index in [2.05, 4.69) is 0 Å². The molecule has 6 heteroatoms. The number of nitrogens with zero attached hydrogens (tertiary/aromatic N) is 1. The van der Waals surface area contributed by atoms with Gasteiger partial charge in [0.15, 0.2) is 0 Å². The number of halogens is 2. The normalized spacial score (nSPS) is 10.7. The Hall–Kier alpha value is -1.70. The SMILES string of the molecule is CCCCc1cc(C(=O)OC)cc(=O)n1Cc1ccc(I)cc1F. The Balaban J connectivity index is 2.46. The van der Waals surface area contributed by atoms with E-state index in [0.717, 1.165) is 16.4 Å². The number of pyridine rings is 1. The molecule has 0 aliphatic carbocycles. The molecule has 0 spiro atoms. The van der Waals surface area contributed by atoms with Crippen LogP contribution in [0.25, 0.3) is 0 Å². The number of hydrogen-bond acceptors (Lipinski definition) is 3. The number of aromatic nitrogens is 1. The first kappa shape index (κ1) is 18.6. The van der Waals surface area contributed by atoms with Gasteiger partial charge in [0.05, 0.1) is 19.2 Å². The predicted octanol–water partition coefficient (Wildman–Crippen LogP) is 3.77. The van der Waals surface area contributed by atoms with Crippen LogP contribution in [0.4, 0.5) is 4.39 Å². The van der Waals surface area contributed by atoms with Crippen LogP contribution in [0.1, 0.15) is 41.4 Å². The third-order valence-electron chi connectivity index (χ3n) is 3.76. The number of aryl methyl sites for hydroxylation is 1. The molecule has 1 aromatic heterocycles. The molecule has 0 bridgehead atoms. The highest BCUT2D eigenvalue weighted by Crippen LogP contribution is 2.15. The zero-order chi connectivity index (χ0) is 17.7. The molecule has 0 aliphatic rings. The van der Waals surface area contributed by atoms with E-state index in [9.17, 15) is 14.0 Å². The minimum Gasteiger partial charge on any atom is -0.465 e. The zero-order valence-corrected chi connectivity index (χ0v) is 15.8. The van der Waals surface area contributed by atoms with Gasteiger partial charge in [-0.15, -0.1) is 0 Å². The van der Waals surface area contributed by atoms with Gasteiger partial charge in [0, 0.05) is 20.9 Å². The first-order valence-electron chi connectivity index (χ1n) is 7.72. The maximum Gasteiger partial charge on any atom is 0.338 e. The second kappa shape index (κ2) is 8.41. The summed E-state index contributed by atoms with van der Waals surface area (Å²) in [6, 6.07) is 7.83. The van der Waals surface area contributed by atoms with E-state index >= 15 is 0 Å². The third kappa shape index (κ3) is 4.43. The third-order valence-corrected chi connectivity index (χ3v) is 4.44. The zero-order valence-electron chi connectivity index (χ0n) is 13.6. The Labute approximate surface area is 153 Å². The molecule has 24 heavy (non-hydrogen) atoms. The monoisotopic (exact) mass is 443 g/mol. The molecule has 1 aromatic carbocycles. The highest BCUT2D eigenvalue weighted by molar-refractivity contribution is 14.1. The molecule has 1 heterocycles. The van der Waals surface area contributed by atoms with Gasteiger partial charge in [-0.3, -0.25) is 4.79 Å². The number of esters is 1. The Bertz CT molecular complexity index is 801. The number of methoxy groups -OCH3 is 1. The van der Waals surface area contributed by atoms with Crippen LogP contribution in [0.3, 0.4) is 0 Å². The summed E-state index contributed by atoms with van der Waals surface area (Å²) in [5.74, 6) is -0.885. The van der Waals surface area contributed by atoms with Crippen molar-refractivity contribution in [3.63, 3.8) is 0 Å². The van der Waals surface area contributed by atoms with Crippen LogP contribution in [0.2, 0.25) is 0 Å². The summed E-state index contributed by atoms with van der Waals surface area (Å²) in [4.78, 5) is 24.2. The molecule has 0 saturated carbocycles. The lowest BCUT2D eigenvalue weighted by Gasteiger charge is -2.14. The van der Waals surface area contributed by atoms with Crippen molar-refractivity contribution in [3.8, 4) is 0 Å². The molecule has 0 atom stereocenters. The van der Waals surface area contributed by atoms with Crippen molar-refractivity contribution in [1.29, 1.82) is 0 Å². The molecule has 128 valence electrons. The summed E-state index contributed by atoms with van der Waals surface area (Å²) < 4.78 is 21.1. The molecule has 0 fully saturated rings. The van der Waals surface area contributed by atoms with Crippen LogP contribution in [0.5, 0.6) is 0 Å². The Morgan fingerprint density at radius 3 is 2.67 bits per heavy atom. The van der Waals surface area contributed by atoms with E-state index in [-0.39, 0.29) is 23.5 Å². The van der Waals surface area contributed by atoms with Crippen LogP contribution in [-0.4, -0.2) is 17.6 Å². The van der Waals surface area contributed by atoms with E-state index in [1.54, 1.807) is 18.2 Å². The van der Waals surface area contributed by atoms with Crippen LogP contribution >= 0.6 is 22.6 Å². The minimum absolute atomic E-state index is 0.141. The number of benzene rings is 1. The van der Waals surface area contributed by atoms with Gasteiger partial charge in [0.2, 0.25) is 0 Å². The second-order valence-electron chi connectivity index (χ2n) is 5.49. The molecule has 0 saturated heterocycles. The molecular weight excluding hydrogens is 424 g/mol. The number of carbonyl (C=O) groups excluding carboxylic acids is 1. The highest BCUT2D eigenvalue weighted by Gasteiger charge is 2.14. The number of hydrogen-bond donors (Lipinski definition) is 0. The number of rotatable bonds is 6. The highest BCUT2D eigenvalue weighted by atomic mass is 127. The van der Waals surface area contributed by atoms with Crippen LogP contribution in [0.15, 0.2) is 35.1 Å². The van der Waals surface area contributed by atoms with Crippen molar-refractivity contribution in [2.24, 2.45) is 0 Å². The standard InChI is InChI=1S/C18H19FINO3/c1-3-4-5-15-8-13(18(23)24-2)9-17(22)21(15)11-12-6-7-14(20)10-16(12)19/h6-10H,3-5,11H2,1-2H3. The van der Waals surface area contributed by atoms with Gasteiger partial charge in [-0.2, -0.15) is 0 Å². The molecule has 4 nitrogen and oxygen atoms in total. The van der Waals surface area contributed by atoms with Crippen molar-refractivity contribution in [3.05, 3.63) is 66.9 Å². The molecule has 0 unspecified atom stereocenters. The van der Waals surface area contributed by atoms with Crippen molar-refractivity contribution in [2.45, 2.75) is 32.7 Å². The molecule has 2 rings (SSSR count). The Morgan fingerprint density at radius 2 is 2.04 bits per heavy atom. The van der Waals surface area contributed by atoms with Crippen molar-refractivity contribution >= 4 is 28.6 Å². The molecule has 0 aliphatic heterocycles. The van der Waals surface area contributed by atoms with E-state index in [1.807, 2.05) is 29.5 Å². The maximum absolute atomic E-state index is 14.1. The number of carbonyl (C=O) groups is 1. The first-order chi connectivity index (χ1) is 11.5. The molecule has 0 N–H and O–H groups in total. The van der Waals surface area contributed by atoms with E-state index in [1.165, 1.54) is 23.8 Å². The summed E-state index contributed by atoms with van der Waals surface area (Å²) in [5.41, 5.74) is 1.05. The lowest BCUT2D eigenvalue weighted by Crippen LogP contribution is -2.26. The van der Waals surface area contributed by atoms with Gasteiger partial charge < -0.3 is 9.30 Å². The molecular formula is C18H19FINO3. The summed E-state index contributed by atoms with van der Waals surface area (Å²) in [6.45, 7) is 2.19. The molecule has 0 amide bonds. The van der Waals surface area contributed by atoms with Crippen molar-refractivity contribution < 1.29 is 13.9 Å². The van der Waals surface area contributed by atoms with Crippen molar-refractivity contribution in [1.82, 2.24) is 4.57 Å². The van der Waals surface area contributed by atoms with Gasteiger partial charge in [0.1, 0.15) is 5.82 Å². The number of ether oxygens (including phenoxy) is 1. The van der Waals surface area contributed by atoms with E-state index < -0.39 is 5.97 Å². The van der Waals surface area contributed by atoms with Gasteiger partial charge in [0.25, 0.3) is 5.56 Å². The van der Waals surface area contributed by atoms with Crippen molar-refractivity contribution in [2.75, 3.05) is 7.11 Å². The topological polar surface area (TPSA) is 48.3 Å². The summed E-state index contributed by atoms with van der Waals surface area (Å²) in [5, 5.41) is 0. The second-order valence-corrected chi connectivity index (χ2v) is 6.74. The van der Waals surface area contributed by atoms with Crippen LogP contribution < -0.4 is 5.56 Å². The lowest BCUT2D eigenvalue weighted by atomic mass is 10.1. The van der Waals surface area contributed by atoms with Crippen LogP contribution in [0, 0.1) is 9.39 Å². The van der Waals surface area contributed by atoms with Crippen LogP contribution in [-0.2, 0) is 17.7 Å². The van der Waals surface area contributed by atoms with Gasteiger partial charge in [-0.25, -0.2) is 9.18 Å². The Kier molecular flexibility index (Phi) is 6.53. The van der Waals surface area contributed by atoms with Gasteiger partial charge >= 0.3 is 5.97 Å². The smallest absolute Gasteiger partial charge is 0.338 e. The summed E-state index contributed by atoms with van der Waals surface area (Å²) in [7, 11) is 1.28. The fraction of sp³-hybridized carbons (Fsp3) is 0.333. The largest absolute Gasteiger partial charge is 0.465 e. The van der Waals surface area contributed by atoms with E-state index in [4.69, 9.17) is 4.74 Å². The Morgan fingerprint density at radius 1 is 1.29 bits per heavy atom. The van der Waals surface area contributed by atoms with Gasteiger partial charge in [-0.1, -0.05) is 19.4 Å². The quantitative estimate of drug-likeness (QED) is 0.505. The summed E-state index contributed by atoms with van der Waals surface area (Å²) in [6.07, 6.45) is 2.47. The summed E-state index contributed by atoms with van der Waals surface area (Å²) >= 11 is 2.04. The molecule has 0 radical (unpaired) electrons. The first-order valence-corrected chi connectivity index (χ1v) is 8.80. The predicted molar refractivity (Wildman–Crippen MR) is 98.9 cm³/mol. The minimum atomic E-state index is -0.544. The average Bonchev–Trinajstić information content (AvgIpc) is 2.56. The van der Waals surface area contributed by atoms with E-state index in [0.29, 0.717) is 17.7 Å². The number of unbranched alkanes of at least 4 members (excludes halogenated alkanes) is 1. The van der Waals surface area contributed by atoms with Gasteiger partial charge in [-0.05, 0) is 53.6 Å². The molecule has 2 aromatic rings. The fourth-order valence-corrected chi connectivity index (χ4v) is 2.91. The fourth-order valence-electron chi connectivity index (χ4n) is 2.45. The average molecular weight is 443 g/mol.